The third kappa shape index (κ3) is 4.56. The summed E-state index contributed by atoms with van der Waals surface area (Å²) < 4.78 is 1.28. The standard InChI is InChI=1S/C28H25N5O3/c29-26-25(27(35)31-28(36)33(26)18-20-11-5-2-6-12-20)32(17-19-9-3-1-4-10-19)24(34)15-21-16-30-23-14-8-7-13-22(21)23/h1-14,16,30H,15,17-18,29H2,(H,31,35,36). The molecule has 3 aromatic carbocycles. The van der Waals surface area contributed by atoms with Crippen LogP contribution in [0, 0.1) is 0 Å². The number of hydrogen-bond donors (Lipinski definition) is 3. The number of carbonyl (C=O) groups is 1. The molecule has 2 heterocycles. The quantitative estimate of drug-likeness (QED) is 0.332. The molecule has 0 spiro atoms. The largest absolute Gasteiger partial charge is 0.383 e. The van der Waals surface area contributed by atoms with Crippen molar-refractivity contribution in [2.45, 2.75) is 19.5 Å². The van der Waals surface area contributed by atoms with Gasteiger partial charge in [0.2, 0.25) is 5.91 Å². The Hall–Kier alpha value is -4.85. The first kappa shape index (κ1) is 22.9. The fraction of sp³-hybridized carbons (Fsp3) is 0.107. The van der Waals surface area contributed by atoms with Crippen LogP contribution in [0.4, 0.5) is 11.5 Å². The van der Waals surface area contributed by atoms with Gasteiger partial charge in [0.25, 0.3) is 5.56 Å². The monoisotopic (exact) mass is 479 g/mol. The Morgan fingerprint density at radius 2 is 1.50 bits per heavy atom. The zero-order valence-electron chi connectivity index (χ0n) is 19.5. The lowest BCUT2D eigenvalue weighted by Crippen LogP contribution is -2.41. The molecule has 0 bridgehead atoms. The molecular formula is C28H25N5O3. The van der Waals surface area contributed by atoms with E-state index in [1.165, 1.54) is 9.47 Å². The van der Waals surface area contributed by atoms with Gasteiger partial charge < -0.3 is 10.7 Å². The lowest BCUT2D eigenvalue weighted by molar-refractivity contribution is -0.118. The van der Waals surface area contributed by atoms with Gasteiger partial charge in [-0.05, 0) is 22.8 Å². The summed E-state index contributed by atoms with van der Waals surface area (Å²) >= 11 is 0. The fourth-order valence-corrected chi connectivity index (χ4v) is 4.36. The van der Waals surface area contributed by atoms with E-state index in [-0.39, 0.29) is 36.9 Å². The summed E-state index contributed by atoms with van der Waals surface area (Å²) in [6.45, 7) is 0.282. The number of anilines is 2. The number of nitrogens with one attached hydrogen (secondary N) is 2. The molecule has 0 aliphatic heterocycles. The van der Waals surface area contributed by atoms with Gasteiger partial charge in [0.15, 0.2) is 5.69 Å². The number of carbonyl (C=O) groups excluding carboxylic acids is 1. The Morgan fingerprint density at radius 1 is 0.861 bits per heavy atom. The van der Waals surface area contributed by atoms with Crippen LogP contribution in [0.2, 0.25) is 0 Å². The van der Waals surface area contributed by atoms with Gasteiger partial charge in [-0.2, -0.15) is 0 Å². The number of benzene rings is 3. The van der Waals surface area contributed by atoms with Crippen LogP contribution in [0.3, 0.4) is 0 Å². The van der Waals surface area contributed by atoms with Crippen molar-refractivity contribution in [1.82, 2.24) is 14.5 Å². The zero-order chi connectivity index (χ0) is 25.1. The van der Waals surface area contributed by atoms with Gasteiger partial charge in [-0.3, -0.25) is 24.0 Å². The Bertz CT molecular complexity index is 1640. The molecule has 0 atom stereocenters. The molecule has 5 aromatic rings. The van der Waals surface area contributed by atoms with E-state index < -0.39 is 11.2 Å². The first-order chi connectivity index (χ1) is 17.5. The lowest BCUT2D eigenvalue weighted by atomic mass is 10.1. The molecule has 0 saturated heterocycles. The number of aromatic amines is 2. The SMILES string of the molecule is Nc1c(N(Cc2ccccc2)C(=O)Cc2c[nH]c3ccccc23)c(=O)[nH]c(=O)n1Cc1ccccc1. The summed E-state index contributed by atoms with van der Waals surface area (Å²) in [5.74, 6) is -0.374. The predicted molar refractivity (Wildman–Crippen MR) is 141 cm³/mol. The van der Waals surface area contributed by atoms with Gasteiger partial charge >= 0.3 is 5.69 Å². The van der Waals surface area contributed by atoms with Crippen molar-refractivity contribution >= 4 is 28.3 Å². The Balaban J connectivity index is 1.58. The van der Waals surface area contributed by atoms with Crippen LogP contribution in [0.25, 0.3) is 10.9 Å². The number of nitrogens with two attached hydrogens (primary N) is 1. The summed E-state index contributed by atoms with van der Waals surface area (Å²) in [5, 5.41) is 0.932. The Kier molecular flexibility index (Phi) is 6.23. The highest BCUT2D eigenvalue weighted by atomic mass is 16.2. The van der Waals surface area contributed by atoms with Crippen LogP contribution in [0.15, 0.2) is 101 Å². The number of aromatic nitrogens is 3. The van der Waals surface area contributed by atoms with Gasteiger partial charge in [-0.1, -0.05) is 78.9 Å². The number of para-hydroxylation sites is 1. The average molecular weight is 480 g/mol. The smallest absolute Gasteiger partial charge is 0.330 e. The maximum atomic E-state index is 13.7. The van der Waals surface area contributed by atoms with Crippen molar-refractivity contribution in [1.29, 1.82) is 0 Å². The van der Waals surface area contributed by atoms with Crippen LogP contribution in [0.5, 0.6) is 0 Å². The van der Waals surface area contributed by atoms with Gasteiger partial charge in [0.1, 0.15) is 5.82 Å². The van der Waals surface area contributed by atoms with Crippen LogP contribution in [0.1, 0.15) is 16.7 Å². The van der Waals surface area contributed by atoms with Crippen molar-refractivity contribution in [3.63, 3.8) is 0 Å². The normalized spacial score (nSPS) is 11.0. The highest BCUT2D eigenvalue weighted by molar-refractivity contribution is 5.99. The number of rotatable bonds is 7. The minimum Gasteiger partial charge on any atom is -0.383 e. The minimum atomic E-state index is -0.704. The molecule has 36 heavy (non-hydrogen) atoms. The van der Waals surface area contributed by atoms with Crippen LogP contribution >= 0.6 is 0 Å². The zero-order valence-corrected chi connectivity index (χ0v) is 19.5. The molecule has 180 valence electrons. The van der Waals surface area contributed by atoms with Crippen molar-refractivity contribution < 1.29 is 4.79 Å². The third-order valence-corrected chi connectivity index (χ3v) is 6.17. The van der Waals surface area contributed by atoms with E-state index in [9.17, 15) is 14.4 Å². The first-order valence-electron chi connectivity index (χ1n) is 11.6. The van der Waals surface area contributed by atoms with E-state index in [0.717, 1.165) is 27.6 Å². The number of nitrogens with zero attached hydrogens (tertiary/aromatic N) is 2. The second-order valence-corrected chi connectivity index (χ2v) is 8.57. The molecule has 1 amide bonds. The van der Waals surface area contributed by atoms with E-state index in [2.05, 4.69) is 9.97 Å². The number of nitrogen functional groups attached to an aromatic ring is 1. The van der Waals surface area contributed by atoms with Crippen molar-refractivity contribution in [3.05, 3.63) is 129 Å². The molecular weight excluding hydrogens is 454 g/mol. The van der Waals surface area contributed by atoms with Gasteiger partial charge in [-0.15, -0.1) is 0 Å². The second kappa shape index (κ2) is 9.79. The van der Waals surface area contributed by atoms with Crippen LogP contribution in [-0.4, -0.2) is 20.4 Å². The molecule has 2 aromatic heterocycles. The van der Waals surface area contributed by atoms with E-state index in [1.54, 1.807) is 6.20 Å². The highest BCUT2D eigenvalue weighted by Gasteiger charge is 2.25. The maximum Gasteiger partial charge on any atom is 0.330 e. The third-order valence-electron chi connectivity index (χ3n) is 6.17. The number of amides is 1. The predicted octanol–water partition coefficient (Wildman–Crippen LogP) is 3.42. The van der Waals surface area contributed by atoms with E-state index in [1.807, 2.05) is 84.9 Å². The van der Waals surface area contributed by atoms with Crippen molar-refractivity contribution in [2.75, 3.05) is 10.6 Å². The molecule has 8 nitrogen and oxygen atoms in total. The van der Waals surface area contributed by atoms with Gasteiger partial charge in [0.05, 0.1) is 19.5 Å². The first-order valence-corrected chi connectivity index (χ1v) is 11.6. The molecule has 0 fully saturated rings. The van der Waals surface area contributed by atoms with E-state index in [4.69, 9.17) is 5.73 Å². The van der Waals surface area contributed by atoms with Crippen LogP contribution < -0.4 is 21.9 Å². The average Bonchev–Trinajstić information content (AvgIpc) is 3.30. The molecule has 0 radical (unpaired) electrons. The summed E-state index contributed by atoms with van der Waals surface area (Å²) in [4.78, 5) is 46.4. The van der Waals surface area contributed by atoms with Gasteiger partial charge in [-0.25, -0.2) is 4.79 Å². The lowest BCUT2D eigenvalue weighted by Gasteiger charge is -2.25. The maximum absolute atomic E-state index is 13.7. The second-order valence-electron chi connectivity index (χ2n) is 8.57. The van der Waals surface area contributed by atoms with Gasteiger partial charge in [0, 0.05) is 17.1 Å². The van der Waals surface area contributed by atoms with E-state index in [0.29, 0.717) is 0 Å². The molecule has 0 unspecified atom stereocenters. The summed E-state index contributed by atoms with van der Waals surface area (Å²) in [6.07, 6.45) is 1.85. The number of fused-ring (bicyclic) bond motifs is 1. The number of H-pyrrole nitrogens is 2. The fourth-order valence-electron chi connectivity index (χ4n) is 4.36. The van der Waals surface area contributed by atoms with E-state index >= 15 is 0 Å². The van der Waals surface area contributed by atoms with Crippen molar-refractivity contribution in [3.8, 4) is 0 Å². The van der Waals surface area contributed by atoms with Crippen molar-refractivity contribution in [2.24, 2.45) is 0 Å². The molecule has 0 aliphatic carbocycles. The summed E-state index contributed by atoms with van der Waals surface area (Å²) in [6, 6.07) is 26.4. The Labute approximate surface area is 206 Å². The number of hydrogen-bond acceptors (Lipinski definition) is 4. The summed E-state index contributed by atoms with van der Waals surface area (Å²) in [5.41, 5.74) is 8.44. The molecule has 0 saturated carbocycles. The molecule has 8 heteroatoms. The topological polar surface area (TPSA) is 117 Å². The van der Waals surface area contributed by atoms with Crippen LogP contribution in [-0.2, 0) is 24.3 Å². The molecule has 0 aliphatic rings. The molecule has 5 rings (SSSR count). The Morgan fingerprint density at radius 3 is 2.22 bits per heavy atom. The summed E-state index contributed by atoms with van der Waals surface area (Å²) in [7, 11) is 0. The molecule has 4 N–H and O–H groups in total. The minimum absolute atomic E-state index is 0.0424. The highest BCUT2D eigenvalue weighted by Crippen LogP contribution is 2.24.